The number of hydrogen-bond donors (Lipinski definition) is 2. The third kappa shape index (κ3) is 3.67. The number of anilines is 2. The lowest BCUT2D eigenvalue weighted by Crippen LogP contribution is -2.31. The van der Waals surface area contributed by atoms with Crippen molar-refractivity contribution in [3.8, 4) is 0 Å². The van der Waals surface area contributed by atoms with Gasteiger partial charge in [-0.25, -0.2) is 0 Å². The van der Waals surface area contributed by atoms with Gasteiger partial charge in [0, 0.05) is 13.1 Å². The summed E-state index contributed by atoms with van der Waals surface area (Å²) in [6, 6.07) is -0.0927. The van der Waals surface area contributed by atoms with Crippen molar-refractivity contribution in [2.75, 3.05) is 29.9 Å². The Morgan fingerprint density at radius 3 is 2.53 bits per heavy atom. The van der Waals surface area contributed by atoms with Gasteiger partial charge in [0.05, 0.1) is 12.6 Å². The van der Waals surface area contributed by atoms with Crippen LogP contribution >= 0.6 is 11.6 Å². The molecular formula is C12H20ClN5O. The van der Waals surface area contributed by atoms with E-state index in [9.17, 15) is 5.11 Å². The number of nitrogens with zero attached hydrogens (tertiary/aromatic N) is 4. The third-order valence-corrected chi connectivity index (χ3v) is 3.47. The van der Waals surface area contributed by atoms with Gasteiger partial charge in [-0.2, -0.15) is 15.0 Å². The zero-order valence-electron chi connectivity index (χ0n) is 11.3. The van der Waals surface area contributed by atoms with E-state index in [-0.39, 0.29) is 23.9 Å². The maximum atomic E-state index is 9.33. The molecule has 7 heteroatoms. The fraction of sp³-hybridized carbons (Fsp3) is 0.750. The molecule has 1 saturated heterocycles. The second kappa shape index (κ2) is 6.34. The van der Waals surface area contributed by atoms with E-state index in [1.807, 2.05) is 13.8 Å². The number of halogens is 1. The summed E-state index contributed by atoms with van der Waals surface area (Å²) in [5.41, 5.74) is 0. The molecule has 0 radical (unpaired) electrons. The van der Waals surface area contributed by atoms with Gasteiger partial charge in [-0.3, -0.25) is 0 Å². The van der Waals surface area contributed by atoms with Crippen LogP contribution in [0, 0.1) is 5.92 Å². The molecule has 106 valence electrons. The largest absolute Gasteiger partial charge is 0.394 e. The summed E-state index contributed by atoms with van der Waals surface area (Å²) in [6.07, 6.45) is 2.30. The molecule has 1 aromatic heterocycles. The molecular weight excluding hydrogens is 266 g/mol. The van der Waals surface area contributed by atoms with Crippen molar-refractivity contribution in [3.05, 3.63) is 5.28 Å². The van der Waals surface area contributed by atoms with Crippen molar-refractivity contribution < 1.29 is 5.11 Å². The van der Waals surface area contributed by atoms with Crippen LogP contribution in [-0.4, -0.2) is 45.8 Å². The van der Waals surface area contributed by atoms with Gasteiger partial charge >= 0.3 is 0 Å². The predicted octanol–water partition coefficient (Wildman–Crippen LogP) is 1.55. The lowest BCUT2D eigenvalue weighted by atomic mass is 10.1. The van der Waals surface area contributed by atoms with E-state index in [0.29, 0.717) is 11.9 Å². The minimum atomic E-state index is -0.0927. The van der Waals surface area contributed by atoms with Crippen molar-refractivity contribution >= 4 is 23.5 Å². The molecule has 2 rings (SSSR count). The van der Waals surface area contributed by atoms with Crippen LogP contribution in [0.5, 0.6) is 0 Å². The van der Waals surface area contributed by atoms with Crippen LogP contribution in [0.25, 0.3) is 0 Å². The molecule has 2 N–H and O–H groups in total. The highest BCUT2D eigenvalue weighted by Gasteiger charge is 2.19. The smallest absolute Gasteiger partial charge is 0.231 e. The molecule has 0 spiro atoms. The van der Waals surface area contributed by atoms with Gasteiger partial charge in [0.1, 0.15) is 0 Å². The van der Waals surface area contributed by atoms with Crippen molar-refractivity contribution in [1.82, 2.24) is 15.0 Å². The van der Waals surface area contributed by atoms with Crippen LogP contribution in [0.2, 0.25) is 5.28 Å². The lowest BCUT2D eigenvalue weighted by Gasteiger charge is -2.21. The maximum absolute atomic E-state index is 9.33. The summed E-state index contributed by atoms with van der Waals surface area (Å²) in [7, 11) is 0. The molecule has 0 aliphatic carbocycles. The number of nitrogens with one attached hydrogen (secondary N) is 1. The molecule has 1 aromatic rings. The first-order chi connectivity index (χ1) is 9.10. The van der Waals surface area contributed by atoms with Crippen molar-refractivity contribution in [1.29, 1.82) is 0 Å². The summed E-state index contributed by atoms with van der Waals surface area (Å²) in [6.45, 7) is 5.98. The molecule has 1 atom stereocenters. The Labute approximate surface area is 118 Å². The second-order valence-electron chi connectivity index (χ2n) is 5.10. The maximum Gasteiger partial charge on any atom is 0.231 e. The first kappa shape index (κ1) is 14.3. The molecule has 0 unspecified atom stereocenters. The Morgan fingerprint density at radius 2 is 1.95 bits per heavy atom. The normalized spacial score (nSPS) is 17.0. The molecule has 1 fully saturated rings. The number of aliphatic hydroxyl groups excluding tert-OH is 1. The van der Waals surface area contributed by atoms with Crippen LogP contribution in [0.15, 0.2) is 0 Å². The highest BCUT2D eigenvalue weighted by molar-refractivity contribution is 6.28. The average Bonchev–Trinajstić information content (AvgIpc) is 2.88. The van der Waals surface area contributed by atoms with Crippen LogP contribution in [0.4, 0.5) is 11.9 Å². The number of aliphatic hydroxyl groups is 1. The molecule has 1 aliphatic rings. The SMILES string of the molecule is CC(C)[C@@H](CO)Nc1nc(Cl)nc(N2CCCC2)n1. The van der Waals surface area contributed by atoms with Crippen LogP contribution < -0.4 is 10.2 Å². The molecule has 0 amide bonds. The Kier molecular flexibility index (Phi) is 4.76. The number of rotatable bonds is 5. The Bertz CT molecular complexity index is 423. The number of hydrogen-bond acceptors (Lipinski definition) is 6. The molecule has 0 saturated carbocycles. The Balaban J connectivity index is 2.16. The van der Waals surface area contributed by atoms with E-state index in [1.165, 1.54) is 0 Å². The van der Waals surface area contributed by atoms with Gasteiger partial charge in [-0.1, -0.05) is 13.8 Å². The third-order valence-electron chi connectivity index (χ3n) is 3.30. The summed E-state index contributed by atoms with van der Waals surface area (Å²) in [5, 5.41) is 12.6. The Morgan fingerprint density at radius 1 is 1.26 bits per heavy atom. The first-order valence-corrected chi connectivity index (χ1v) is 7.02. The van der Waals surface area contributed by atoms with Gasteiger partial charge in [0.25, 0.3) is 0 Å². The van der Waals surface area contributed by atoms with Gasteiger partial charge in [0.15, 0.2) is 0 Å². The summed E-state index contributed by atoms with van der Waals surface area (Å²) in [4.78, 5) is 14.7. The minimum absolute atomic E-state index is 0.0278. The highest BCUT2D eigenvalue weighted by Crippen LogP contribution is 2.19. The fourth-order valence-corrected chi connectivity index (χ4v) is 2.21. The van der Waals surface area contributed by atoms with Crippen molar-refractivity contribution in [2.45, 2.75) is 32.7 Å². The van der Waals surface area contributed by atoms with E-state index in [0.717, 1.165) is 25.9 Å². The molecule has 6 nitrogen and oxygen atoms in total. The van der Waals surface area contributed by atoms with Crippen LogP contribution in [0.1, 0.15) is 26.7 Å². The zero-order chi connectivity index (χ0) is 13.8. The second-order valence-corrected chi connectivity index (χ2v) is 5.44. The predicted molar refractivity (Wildman–Crippen MR) is 75.6 cm³/mol. The summed E-state index contributed by atoms with van der Waals surface area (Å²) in [5.74, 6) is 1.31. The lowest BCUT2D eigenvalue weighted by molar-refractivity contribution is 0.248. The van der Waals surface area contributed by atoms with E-state index in [2.05, 4.69) is 25.2 Å². The van der Waals surface area contributed by atoms with Crippen LogP contribution in [0.3, 0.4) is 0 Å². The van der Waals surface area contributed by atoms with Gasteiger partial charge < -0.3 is 15.3 Å². The standard InChI is InChI=1S/C12H20ClN5O/c1-8(2)9(7-19)14-11-15-10(13)16-12(17-11)18-5-3-4-6-18/h8-9,19H,3-7H2,1-2H3,(H,14,15,16,17)/t9-/m1/s1. The van der Waals surface area contributed by atoms with E-state index in [4.69, 9.17) is 11.6 Å². The monoisotopic (exact) mass is 285 g/mol. The van der Waals surface area contributed by atoms with Crippen molar-refractivity contribution in [2.24, 2.45) is 5.92 Å². The van der Waals surface area contributed by atoms with Gasteiger partial charge in [-0.15, -0.1) is 0 Å². The van der Waals surface area contributed by atoms with Crippen LogP contribution in [-0.2, 0) is 0 Å². The molecule has 0 bridgehead atoms. The van der Waals surface area contributed by atoms with Crippen molar-refractivity contribution in [3.63, 3.8) is 0 Å². The average molecular weight is 286 g/mol. The molecule has 19 heavy (non-hydrogen) atoms. The topological polar surface area (TPSA) is 74.2 Å². The first-order valence-electron chi connectivity index (χ1n) is 6.64. The summed E-state index contributed by atoms with van der Waals surface area (Å²) < 4.78 is 0. The number of aromatic nitrogens is 3. The molecule has 1 aliphatic heterocycles. The molecule has 2 heterocycles. The fourth-order valence-electron chi connectivity index (χ4n) is 2.05. The minimum Gasteiger partial charge on any atom is -0.394 e. The van der Waals surface area contributed by atoms with Gasteiger partial charge in [0.2, 0.25) is 17.2 Å². The molecule has 0 aromatic carbocycles. The van der Waals surface area contributed by atoms with E-state index >= 15 is 0 Å². The quantitative estimate of drug-likeness (QED) is 0.855. The summed E-state index contributed by atoms with van der Waals surface area (Å²) >= 11 is 5.94. The van der Waals surface area contributed by atoms with E-state index in [1.54, 1.807) is 0 Å². The Hall–Kier alpha value is -1.14. The van der Waals surface area contributed by atoms with E-state index < -0.39 is 0 Å². The highest BCUT2D eigenvalue weighted by atomic mass is 35.5. The zero-order valence-corrected chi connectivity index (χ0v) is 12.1. The van der Waals surface area contributed by atoms with Gasteiger partial charge in [-0.05, 0) is 30.4 Å².